The third-order valence-corrected chi connectivity index (χ3v) is 4.75. The minimum Gasteiger partial charge on any atom is -0.443 e. The minimum absolute atomic E-state index is 0.256. The molecule has 152 valence electrons. The Balaban J connectivity index is 1.62. The summed E-state index contributed by atoms with van der Waals surface area (Å²) in [6.07, 6.45) is -1.15. The lowest BCUT2D eigenvalue weighted by Gasteiger charge is -2.16. The number of nitrogens with one attached hydrogen (secondary N) is 2. The van der Waals surface area contributed by atoms with E-state index in [2.05, 4.69) is 15.5 Å². The van der Waals surface area contributed by atoms with E-state index in [1.165, 1.54) is 0 Å². The molecule has 2 aromatic carbocycles. The summed E-state index contributed by atoms with van der Waals surface area (Å²) in [5.41, 5.74) is 3.82. The number of fused-ring (bicyclic) bond motifs is 1. The molecule has 4 rings (SSSR count). The summed E-state index contributed by atoms with van der Waals surface area (Å²) in [6, 6.07) is 16.2. The van der Waals surface area contributed by atoms with E-state index in [4.69, 9.17) is 9.26 Å². The van der Waals surface area contributed by atoms with Crippen molar-refractivity contribution in [1.82, 2.24) is 10.1 Å². The summed E-state index contributed by atoms with van der Waals surface area (Å²) >= 11 is 0. The number of hydrogen-bond acceptors (Lipinski definition) is 5. The lowest BCUT2D eigenvalue weighted by Crippen LogP contribution is -2.26. The molecule has 0 aliphatic carbocycles. The molecule has 0 fully saturated rings. The van der Waals surface area contributed by atoms with Crippen molar-refractivity contribution < 1.29 is 18.8 Å². The van der Waals surface area contributed by atoms with Gasteiger partial charge < -0.3 is 19.6 Å². The zero-order valence-corrected chi connectivity index (χ0v) is 16.9. The van der Waals surface area contributed by atoms with Crippen molar-refractivity contribution in [3.05, 3.63) is 82.7 Å². The fourth-order valence-corrected chi connectivity index (χ4v) is 3.40. The van der Waals surface area contributed by atoms with Gasteiger partial charge in [0, 0.05) is 22.5 Å². The number of H-pyrrole nitrogens is 1. The zero-order chi connectivity index (χ0) is 21.3. The lowest BCUT2D eigenvalue weighted by atomic mass is 10.1. The Labute approximate surface area is 173 Å². The molecule has 0 aliphatic rings. The van der Waals surface area contributed by atoms with E-state index in [9.17, 15) is 9.59 Å². The van der Waals surface area contributed by atoms with Crippen LogP contribution in [0.1, 0.15) is 39.0 Å². The molecule has 1 amide bonds. The van der Waals surface area contributed by atoms with E-state index < -0.39 is 18.0 Å². The largest absolute Gasteiger partial charge is 0.443 e. The number of ether oxygens (including phenoxy) is 1. The second kappa shape index (κ2) is 7.87. The van der Waals surface area contributed by atoms with Crippen LogP contribution in [0.25, 0.3) is 10.9 Å². The number of amides is 1. The molecule has 1 atom stereocenters. The van der Waals surface area contributed by atoms with E-state index in [0.29, 0.717) is 11.3 Å². The fraction of sp³-hybridized carbons (Fsp3) is 0.174. The maximum atomic E-state index is 12.9. The lowest BCUT2D eigenvalue weighted by molar-refractivity contribution is -0.125. The Morgan fingerprint density at radius 1 is 1.07 bits per heavy atom. The average molecular weight is 403 g/mol. The van der Waals surface area contributed by atoms with Gasteiger partial charge in [-0.3, -0.25) is 4.79 Å². The Kier molecular flexibility index (Phi) is 5.10. The molecule has 7 heteroatoms. The van der Waals surface area contributed by atoms with Crippen LogP contribution in [0.3, 0.4) is 0 Å². The number of carbonyl (C=O) groups excluding carboxylic acids is 2. The number of aryl methyl sites for hydroxylation is 3. The molecule has 2 heterocycles. The number of benzene rings is 2. The molecule has 0 spiro atoms. The van der Waals surface area contributed by atoms with Crippen LogP contribution in [-0.4, -0.2) is 22.0 Å². The standard InChI is InChI=1S/C23H21N3O4/c1-13-9-14(2)17-12-19(24-18(17)10-13)23(28)29-21(16-7-5-4-6-8-16)22(27)25-20-11-15(3)30-26-20/h4-12,21,24H,1-3H3,(H,25,26,27). The van der Waals surface area contributed by atoms with Gasteiger partial charge in [-0.15, -0.1) is 0 Å². The van der Waals surface area contributed by atoms with Gasteiger partial charge in [0.25, 0.3) is 5.91 Å². The van der Waals surface area contributed by atoms with Crippen molar-refractivity contribution in [2.24, 2.45) is 0 Å². The molecule has 7 nitrogen and oxygen atoms in total. The predicted molar refractivity (Wildman–Crippen MR) is 112 cm³/mol. The van der Waals surface area contributed by atoms with Crippen LogP contribution >= 0.6 is 0 Å². The van der Waals surface area contributed by atoms with Crippen molar-refractivity contribution in [2.75, 3.05) is 5.32 Å². The highest BCUT2D eigenvalue weighted by atomic mass is 16.5. The van der Waals surface area contributed by atoms with E-state index in [1.54, 1.807) is 43.3 Å². The monoisotopic (exact) mass is 403 g/mol. The van der Waals surface area contributed by atoms with Gasteiger partial charge in [0.05, 0.1) is 0 Å². The van der Waals surface area contributed by atoms with Crippen molar-refractivity contribution >= 4 is 28.6 Å². The number of rotatable bonds is 5. The van der Waals surface area contributed by atoms with E-state index in [0.717, 1.165) is 22.0 Å². The van der Waals surface area contributed by atoms with E-state index >= 15 is 0 Å². The summed E-state index contributed by atoms with van der Waals surface area (Å²) in [6.45, 7) is 5.70. The number of hydrogen-bond donors (Lipinski definition) is 2. The third-order valence-electron chi connectivity index (χ3n) is 4.75. The quantitative estimate of drug-likeness (QED) is 0.474. The van der Waals surface area contributed by atoms with E-state index in [1.807, 2.05) is 32.0 Å². The van der Waals surface area contributed by atoms with Gasteiger partial charge in [0.15, 0.2) is 5.82 Å². The summed E-state index contributed by atoms with van der Waals surface area (Å²) in [7, 11) is 0. The molecule has 0 radical (unpaired) electrons. The number of anilines is 1. The Morgan fingerprint density at radius 3 is 2.53 bits per heavy atom. The van der Waals surface area contributed by atoms with Gasteiger partial charge in [0.1, 0.15) is 11.5 Å². The van der Waals surface area contributed by atoms with Gasteiger partial charge >= 0.3 is 5.97 Å². The SMILES string of the molecule is Cc1cc(C)c2cc(C(=O)OC(C(=O)Nc3cc(C)on3)c3ccccc3)[nH]c2c1. The fourth-order valence-electron chi connectivity index (χ4n) is 3.40. The molecular formula is C23H21N3O4. The number of aromatic amines is 1. The molecule has 2 N–H and O–H groups in total. The Hall–Kier alpha value is -3.87. The summed E-state index contributed by atoms with van der Waals surface area (Å²) in [4.78, 5) is 28.9. The van der Waals surface area contributed by atoms with Crippen LogP contribution in [0, 0.1) is 20.8 Å². The van der Waals surface area contributed by atoms with Crippen molar-refractivity contribution in [1.29, 1.82) is 0 Å². The average Bonchev–Trinajstić information content (AvgIpc) is 3.32. The van der Waals surface area contributed by atoms with E-state index in [-0.39, 0.29) is 11.5 Å². The molecule has 0 aliphatic heterocycles. The van der Waals surface area contributed by atoms with Gasteiger partial charge in [-0.05, 0) is 44.0 Å². The Morgan fingerprint density at radius 2 is 1.83 bits per heavy atom. The predicted octanol–water partition coefficient (Wildman–Crippen LogP) is 4.62. The number of esters is 1. The highest BCUT2D eigenvalue weighted by Gasteiger charge is 2.27. The van der Waals surface area contributed by atoms with Crippen molar-refractivity contribution in [3.8, 4) is 0 Å². The first-order valence-electron chi connectivity index (χ1n) is 9.51. The smallest absolute Gasteiger partial charge is 0.355 e. The maximum absolute atomic E-state index is 12.9. The molecule has 30 heavy (non-hydrogen) atoms. The molecule has 0 bridgehead atoms. The first-order chi connectivity index (χ1) is 14.4. The summed E-state index contributed by atoms with van der Waals surface area (Å²) < 4.78 is 10.6. The highest BCUT2D eigenvalue weighted by Crippen LogP contribution is 2.25. The van der Waals surface area contributed by atoms with Gasteiger partial charge in [-0.2, -0.15) is 0 Å². The normalized spacial score (nSPS) is 12.0. The second-order valence-electron chi connectivity index (χ2n) is 7.23. The van der Waals surface area contributed by atoms with Crippen molar-refractivity contribution in [3.63, 3.8) is 0 Å². The third kappa shape index (κ3) is 3.96. The molecule has 1 unspecified atom stereocenters. The van der Waals surface area contributed by atoms with Crippen LogP contribution < -0.4 is 5.32 Å². The van der Waals surface area contributed by atoms with Crippen LogP contribution in [0.4, 0.5) is 5.82 Å². The molecule has 0 saturated carbocycles. The molecule has 2 aromatic heterocycles. The van der Waals surface area contributed by atoms with Crippen LogP contribution in [0.15, 0.2) is 59.1 Å². The maximum Gasteiger partial charge on any atom is 0.355 e. The second-order valence-corrected chi connectivity index (χ2v) is 7.23. The van der Waals surface area contributed by atoms with Gasteiger partial charge in [0.2, 0.25) is 6.10 Å². The zero-order valence-electron chi connectivity index (χ0n) is 16.9. The van der Waals surface area contributed by atoms with Crippen LogP contribution in [-0.2, 0) is 9.53 Å². The minimum atomic E-state index is -1.15. The number of carbonyl (C=O) groups is 2. The first kappa shape index (κ1) is 19.4. The number of nitrogens with zero attached hydrogens (tertiary/aromatic N) is 1. The molecule has 4 aromatic rings. The van der Waals surface area contributed by atoms with Gasteiger partial charge in [-0.25, -0.2) is 4.79 Å². The summed E-state index contributed by atoms with van der Waals surface area (Å²) in [5, 5.41) is 7.33. The summed E-state index contributed by atoms with van der Waals surface area (Å²) in [5.74, 6) is -0.330. The molecule has 0 saturated heterocycles. The van der Waals surface area contributed by atoms with Gasteiger partial charge in [-0.1, -0.05) is 41.6 Å². The first-order valence-corrected chi connectivity index (χ1v) is 9.51. The molecular weight excluding hydrogens is 382 g/mol. The highest BCUT2D eigenvalue weighted by molar-refractivity contribution is 5.99. The van der Waals surface area contributed by atoms with Crippen LogP contribution in [0.2, 0.25) is 0 Å². The van der Waals surface area contributed by atoms with Crippen LogP contribution in [0.5, 0.6) is 0 Å². The van der Waals surface area contributed by atoms with Crippen molar-refractivity contribution in [2.45, 2.75) is 26.9 Å². The number of aromatic nitrogens is 2. The topological polar surface area (TPSA) is 97.2 Å². The Bertz CT molecular complexity index is 1220.